The van der Waals surface area contributed by atoms with E-state index < -0.39 is 10.0 Å². The number of hydrogen-bond acceptors (Lipinski definition) is 5. The van der Waals surface area contributed by atoms with Gasteiger partial charge in [0.05, 0.1) is 22.9 Å². The zero-order chi connectivity index (χ0) is 13.9. The standard InChI is InChI=1S/C11H14N2O4S2/c1-17-5-4-12-19(15,16)8-2-3-10-9(6-8)13-11(14)7-18-10/h2-3,6,12H,4-5,7H2,1H3,(H,13,14). The number of sulfonamides is 1. The van der Waals surface area contributed by atoms with E-state index in [-0.39, 0.29) is 17.3 Å². The van der Waals surface area contributed by atoms with Crippen molar-refractivity contribution in [1.29, 1.82) is 0 Å². The van der Waals surface area contributed by atoms with Gasteiger partial charge in [0.2, 0.25) is 15.9 Å². The van der Waals surface area contributed by atoms with Crippen LogP contribution in [0.3, 0.4) is 0 Å². The van der Waals surface area contributed by atoms with Gasteiger partial charge in [-0.25, -0.2) is 13.1 Å². The van der Waals surface area contributed by atoms with Gasteiger partial charge in [-0.3, -0.25) is 4.79 Å². The number of rotatable bonds is 5. The Morgan fingerprint density at radius 3 is 3.00 bits per heavy atom. The molecule has 0 aliphatic carbocycles. The second kappa shape index (κ2) is 5.91. The molecule has 19 heavy (non-hydrogen) atoms. The third kappa shape index (κ3) is 3.47. The van der Waals surface area contributed by atoms with Crippen LogP contribution in [0.4, 0.5) is 5.69 Å². The highest BCUT2D eigenvalue weighted by atomic mass is 32.2. The number of carbonyl (C=O) groups is 1. The number of methoxy groups -OCH3 is 1. The van der Waals surface area contributed by atoms with Crippen molar-refractivity contribution >= 4 is 33.4 Å². The van der Waals surface area contributed by atoms with E-state index in [9.17, 15) is 13.2 Å². The van der Waals surface area contributed by atoms with Gasteiger partial charge in [-0.2, -0.15) is 0 Å². The van der Waals surface area contributed by atoms with Crippen LogP contribution >= 0.6 is 11.8 Å². The fourth-order valence-electron chi connectivity index (χ4n) is 1.59. The second-order valence-electron chi connectivity index (χ2n) is 3.89. The summed E-state index contributed by atoms with van der Waals surface area (Å²) in [6, 6.07) is 4.69. The van der Waals surface area contributed by atoms with Crippen molar-refractivity contribution in [3.05, 3.63) is 18.2 Å². The van der Waals surface area contributed by atoms with Gasteiger partial charge in [-0.05, 0) is 18.2 Å². The fraction of sp³-hybridized carbons (Fsp3) is 0.364. The highest BCUT2D eigenvalue weighted by Gasteiger charge is 2.19. The molecule has 104 valence electrons. The van der Waals surface area contributed by atoms with Gasteiger partial charge in [0, 0.05) is 18.6 Å². The molecule has 0 fully saturated rings. The Labute approximate surface area is 116 Å². The van der Waals surface area contributed by atoms with E-state index in [1.165, 1.54) is 31.0 Å². The summed E-state index contributed by atoms with van der Waals surface area (Å²) in [6.07, 6.45) is 0. The van der Waals surface area contributed by atoms with E-state index in [0.29, 0.717) is 18.0 Å². The number of thioether (sulfide) groups is 1. The Morgan fingerprint density at radius 1 is 1.47 bits per heavy atom. The minimum absolute atomic E-state index is 0.126. The molecule has 2 N–H and O–H groups in total. The lowest BCUT2D eigenvalue weighted by molar-refractivity contribution is -0.113. The molecule has 0 atom stereocenters. The summed E-state index contributed by atoms with van der Waals surface area (Å²) in [7, 11) is -2.07. The molecule has 1 aliphatic rings. The van der Waals surface area contributed by atoms with E-state index in [0.717, 1.165) is 4.90 Å². The van der Waals surface area contributed by atoms with Crippen LogP contribution in [0.2, 0.25) is 0 Å². The van der Waals surface area contributed by atoms with Crippen LogP contribution in [0.1, 0.15) is 0 Å². The number of fused-ring (bicyclic) bond motifs is 1. The SMILES string of the molecule is COCCNS(=O)(=O)c1ccc2c(c1)NC(=O)CS2. The first-order valence-electron chi connectivity index (χ1n) is 5.58. The van der Waals surface area contributed by atoms with Crippen molar-refractivity contribution in [2.75, 3.05) is 31.3 Å². The number of hydrogen-bond donors (Lipinski definition) is 2. The number of nitrogens with one attached hydrogen (secondary N) is 2. The molecule has 8 heteroatoms. The van der Waals surface area contributed by atoms with Gasteiger partial charge in [0.1, 0.15) is 0 Å². The molecule has 1 aromatic rings. The monoisotopic (exact) mass is 302 g/mol. The van der Waals surface area contributed by atoms with Gasteiger partial charge in [0.25, 0.3) is 0 Å². The van der Waals surface area contributed by atoms with Gasteiger partial charge in [0.15, 0.2) is 0 Å². The van der Waals surface area contributed by atoms with Crippen LogP contribution < -0.4 is 10.0 Å². The minimum Gasteiger partial charge on any atom is -0.383 e. The summed E-state index contributed by atoms with van der Waals surface area (Å²) in [5.74, 6) is 0.227. The molecular formula is C11H14N2O4S2. The summed E-state index contributed by atoms with van der Waals surface area (Å²) in [6.45, 7) is 0.508. The largest absolute Gasteiger partial charge is 0.383 e. The molecular weight excluding hydrogens is 288 g/mol. The average Bonchev–Trinajstić information content (AvgIpc) is 2.38. The number of ether oxygens (including phenoxy) is 1. The normalized spacial score (nSPS) is 14.9. The Bertz CT molecular complexity index is 586. The summed E-state index contributed by atoms with van der Waals surface area (Å²) in [4.78, 5) is 12.3. The van der Waals surface area contributed by atoms with Crippen LogP contribution in [-0.2, 0) is 19.6 Å². The quantitative estimate of drug-likeness (QED) is 0.780. The zero-order valence-corrected chi connectivity index (χ0v) is 11.9. The van der Waals surface area contributed by atoms with Gasteiger partial charge < -0.3 is 10.1 Å². The van der Waals surface area contributed by atoms with Crippen molar-refractivity contribution < 1.29 is 17.9 Å². The third-order valence-electron chi connectivity index (χ3n) is 2.49. The third-order valence-corrected chi connectivity index (χ3v) is 5.02. The zero-order valence-electron chi connectivity index (χ0n) is 10.3. The highest BCUT2D eigenvalue weighted by Crippen LogP contribution is 2.32. The molecule has 1 aliphatic heterocycles. The van der Waals surface area contributed by atoms with Gasteiger partial charge in [-0.1, -0.05) is 0 Å². The van der Waals surface area contributed by atoms with Crippen molar-refractivity contribution in [2.45, 2.75) is 9.79 Å². The molecule has 1 aromatic carbocycles. The topological polar surface area (TPSA) is 84.5 Å². The summed E-state index contributed by atoms with van der Waals surface area (Å²) < 4.78 is 31.2. The maximum atomic E-state index is 12.0. The predicted molar refractivity (Wildman–Crippen MR) is 72.9 cm³/mol. The van der Waals surface area contributed by atoms with Crippen molar-refractivity contribution in [2.24, 2.45) is 0 Å². The van der Waals surface area contributed by atoms with Crippen molar-refractivity contribution in [1.82, 2.24) is 4.72 Å². The smallest absolute Gasteiger partial charge is 0.240 e. The van der Waals surface area contributed by atoms with E-state index in [4.69, 9.17) is 4.74 Å². The Morgan fingerprint density at radius 2 is 2.26 bits per heavy atom. The molecule has 1 heterocycles. The number of amides is 1. The Kier molecular flexibility index (Phi) is 4.46. The van der Waals surface area contributed by atoms with E-state index >= 15 is 0 Å². The van der Waals surface area contributed by atoms with E-state index in [1.807, 2.05) is 0 Å². The lowest BCUT2D eigenvalue weighted by Gasteiger charge is -2.17. The highest BCUT2D eigenvalue weighted by molar-refractivity contribution is 8.00. The maximum absolute atomic E-state index is 12.0. The van der Waals surface area contributed by atoms with Gasteiger partial charge in [-0.15, -0.1) is 11.8 Å². The van der Waals surface area contributed by atoms with Crippen LogP contribution in [0.25, 0.3) is 0 Å². The molecule has 0 saturated carbocycles. The molecule has 0 unspecified atom stereocenters. The molecule has 0 aromatic heterocycles. The maximum Gasteiger partial charge on any atom is 0.240 e. The predicted octanol–water partition coefficient (Wildman–Crippen LogP) is 0.655. The number of anilines is 1. The second-order valence-corrected chi connectivity index (χ2v) is 6.67. The summed E-state index contributed by atoms with van der Waals surface area (Å²) in [5.41, 5.74) is 0.538. The Hall–Kier alpha value is -1.09. The summed E-state index contributed by atoms with van der Waals surface area (Å²) >= 11 is 1.39. The molecule has 6 nitrogen and oxygen atoms in total. The Balaban J connectivity index is 2.21. The average molecular weight is 302 g/mol. The minimum atomic E-state index is -3.57. The van der Waals surface area contributed by atoms with Crippen molar-refractivity contribution in [3.8, 4) is 0 Å². The van der Waals surface area contributed by atoms with E-state index in [1.54, 1.807) is 6.07 Å². The number of carbonyl (C=O) groups excluding carboxylic acids is 1. The van der Waals surface area contributed by atoms with Crippen LogP contribution in [0.15, 0.2) is 28.0 Å². The summed E-state index contributed by atoms with van der Waals surface area (Å²) in [5, 5.41) is 2.66. The lowest BCUT2D eigenvalue weighted by Crippen LogP contribution is -2.27. The molecule has 2 rings (SSSR count). The molecule has 0 radical (unpaired) electrons. The van der Waals surface area contributed by atoms with Gasteiger partial charge >= 0.3 is 0 Å². The van der Waals surface area contributed by atoms with E-state index in [2.05, 4.69) is 10.0 Å². The molecule has 0 spiro atoms. The number of benzene rings is 1. The van der Waals surface area contributed by atoms with Crippen LogP contribution in [0, 0.1) is 0 Å². The molecule has 0 saturated heterocycles. The van der Waals surface area contributed by atoms with Crippen molar-refractivity contribution in [3.63, 3.8) is 0 Å². The molecule has 0 bridgehead atoms. The first kappa shape index (κ1) is 14.3. The van der Waals surface area contributed by atoms with Crippen LogP contribution in [0.5, 0.6) is 0 Å². The fourth-order valence-corrected chi connectivity index (χ4v) is 3.42. The lowest BCUT2D eigenvalue weighted by atomic mass is 10.3. The molecule has 1 amide bonds. The first-order chi connectivity index (χ1) is 9.03. The van der Waals surface area contributed by atoms with Crippen LogP contribution in [-0.4, -0.2) is 40.3 Å². The first-order valence-corrected chi connectivity index (χ1v) is 8.05.